The number of anilines is 1. The molecular formula is C13H21N3O2S. The first-order valence-corrected chi connectivity index (χ1v) is 8.05. The van der Waals surface area contributed by atoms with Crippen molar-refractivity contribution < 1.29 is 8.42 Å². The van der Waals surface area contributed by atoms with Crippen LogP contribution in [-0.2, 0) is 10.0 Å². The Balaban J connectivity index is 2.20. The van der Waals surface area contributed by atoms with Gasteiger partial charge in [-0.2, -0.15) is 4.31 Å². The summed E-state index contributed by atoms with van der Waals surface area (Å²) >= 11 is 0. The highest BCUT2D eigenvalue weighted by atomic mass is 32.2. The molecule has 0 aliphatic carbocycles. The molecule has 1 saturated heterocycles. The van der Waals surface area contributed by atoms with Crippen molar-refractivity contribution in [3.05, 3.63) is 24.3 Å². The molecule has 0 amide bonds. The number of nitrogens with one attached hydrogen (secondary N) is 1. The lowest BCUT2D eigenvalue weighted by Crippen LogP contribution is -2.32. The zero-order valence-electron chi connectivity index (χ0n) is 11.2. The van der Waals surface area contributed by atoms with Crippen LogP contribution in [0.4, 0.5) is 5.69 Å². The Morgan fingerprint density at radius 3 is 2.53 bits per heavy atom. The van der Waals surface area contributed by atoms with Gasteiger partial charge in [-0.05, 0) is 49.4 Å². The maximum Gasteiger partial charge on any atom is 0.243 e. The average Bonchev–Trinajstić information content (AvgIpc) is 2.64. The number of sulfonamides is 1. The van der Waals surface area contributed by atoms with E-state index in [1.807, 2.05) is 0 Å². The zero-order valence-corrected chi connectivity index (χ0v) is 12.0. The predicted molar refractivity (Wildman–Crippen MR) is 76.0 cm³/mol. The Morgan fingerprint density at radius 1 is 1.21 bits per heavy atom. The molecule has 1 unspecified atom stereocenters. The first kappa shape index (κ1) is 14.3. The molecule has 19 heavy (non-hydrogen) atoms. The van der Waals surface area contributed by atoms with E-state index in [1.54, 1.807) is 28.6 Å². The van der Waals surface area contributed by atoms with E-state index < -0.39 is 10.0 Å². The molecule has 0 bridgehead atoms. The molecule has 1 aliphatic heterocycles. The fraction of sp³-hybridized carbons (Fsp3) is 0.538. The van der Waals surface area contributed by atoms with Crippen molar-refractivity contribution in [3.8, 4) is 0 Å². The summed E-state index contributed by atoms with van der Waals surface area (Å²) < 4.78 is 26.6. The topological polar surface area (TPSA) is 75.4 Å². The molecule has 3 N–H and O–H groups in total. The summed E-state index contributed by atoms with van der Waals surface area (Å²) in [6.07, 6.45) is 2.96. The summed E-state index contributed by atoms with van der Waals surface area (Å²) in [6, 6.07) is 6.54. The van der Waals surface area contributed by atoms with Gasteiger partial charge < -0.3 is 5.43 Å². The number of rotatable bonds is 3. The third kappa shape index (κ3) is 3.26. The van der Waals surface area contributed by atoms with E-state index in [1.165, 1.54) is 0 Å². The lowest BCUT2D eigenvalue weighted by Gasteiger charge is -2.20. The van der Waals surface area contributed by atoms with Crippen LogP contribution in [-0.4, -0.2) is 25.8 Å². The fourth-order valence-corrected chi connectivity index (χ4v) is 3.84. The molecule has 1 aliphatic rings. The molecule has 0 aromatic heterocycles. The van der Waals surface area contributed by atoms with Gasteiger partial charge >= 0.3 is 0 Å². The smallest absolute Gasteiger partial charge is 0.243 e. The standard InChI is InChI=1S/C13H21N3O2S/c1-11-3-2-9-16(10-8-11)19(17,18)13-6-4-12(15-14)5-7-13/h4-7,11,15H,2-3,8-10,14H2,1H3. The SMILES string of the molecule is CC1CCCN(S(=O)(=O)c2ccc(NN)cc2)CC1. The van der Waals surface area contributed by atoms with Crippen LogP contribution >= 0.6 is 0 Å². The van der Waals surface area contributed by atoms with E-state index in [0.29, 0.717) is 29.6 Å². The molecule has 1 atom stereocenters. The van der Waals surface area contributed by atoms with Crippen LogP contribution in [0.2, 0.25) is 0 Å². The van der Waals surface area contributed by atoms with Gasteiger partial charge in [0.1, 0.15) is 0 Å². The van der Waals surface area contributed by atoms with Gasteiger partial charge in [0.15, 0.2) is 0 Å². The van der Waals surface area contributed by atoms with E-state index >= 15 is 0 Å². The second-order valence-corrected chi connectivity index (χ2v) is 7.05. The lowest BCUT2D eigenvalue weighted by molar-refractivity contribution is 0.417. The minimum atomic E-state index is -3.37. The number of nitrogen functional groups attached to an aromatic ring is 1. The van der Waals surface area contributed by atoms with Crippen molar-refractivity contribution in [1.29, 1.82) is 0 Å². The number of hydrogen-bond donors (Lipinski definition) is 2. The fourth-order valence-electron chi connectivity index (χ4n) is 2.35. The predicted octanol–water partition coefficient (Wildman–Crippen LogP) is 1.78. The van der Waals surface area contributed by atoms with Crippen LogP contribution in [0.5, 0.6) is 0 Å². The van der Waals surface area contributed by atoms with Crippen LogP contribution in [0.15, 0.2) is 29.2 Å². The van der Waals surface area contributed by atoms with Crippen molar-refractivity contribution in [2.24, 2.45) is 11.8 Å². The highest BCUT2D eigenvalue weighted by Gasteiger charge is 2.26. The Bertz CT molecular complexity index is 513. The van der Waals surface area contributed by atoms with E-state index in [9.17, 15) is 8.42 Å². The third-order valence-electron chi connectivity index (χ3n) is 3.63. The van der Waals surface area contributed by atoms with Crippen molar-refractivity contribution in [2.75, 3.05) is 18.5 Å². The van der Waals surface area contributed by atoms with Gasteiger partial charge in [0, 0.05) is 18.8 Å². The summed E-state index contributed by atoms with van der Waals surface area (Å²) in [7, 11) is -3.37. The van der Waals surface area contributed by atoms with Gasteiger partial charge in [0.25, 0.3) is 0 Å². The van der Waals surface area contributed by atoms with Crippen LogP contribution < -0.4 is 11.3 Å². The number of nitrogens with zero attached hydrogens (tertiary/aromatic N) is 1. The Kier molecular flexibility index (Phi) is 4.44. The number of hydrogen-bond acceptors (Lipinski definition) is 4. The average molecular weight is 283 g/mol. The molecular weight excluding hydrogens is 262 g/mol. The van der Waals surface area contributed by atoms with Crippen LogP contribution in [0.3, 0.4) is 0 Å². The van der Waals surface area contributed by atoms with Crippen LogP contribution in [0.1, 0.15) is 26.2 Å². The summed E-state index contributed by atoms with van der Waals surface area (Å²) in [4.78, 5) is 0.334. The minimum absolute atomic E-state index is 0.334. The van der Waals surface area contributed by atoms with Crippen molar-refractivity contribution >= 4 is 15.7 Å². The lowest BCUT2D eigenvalue weighted by atomic mass is 10.0. The van der Waals surface area contributed by atoms with E-state index in [2.05, 4.69) is 12.3 Å². The second kappa shape index (κ2) is 5.90. The first-order valence-electron chi connectivity index (χ1n) is 6.61. The number of nitrogens with two attached hydrogens (primary N) is 1. The van der Waals surface area contributed by atoms with Crippen LogP contribution in [0, 0.1) is 5.92 Å². The largest absolute Gasteiger partial charge is 0.324 e. The van der Waals surface area contributed by atoms with Crippen molar-refractivity contribution in [1.82, 2.24) is 4.31 Å². The maximum atomic E-state index is 12.5. The van der Waals surface area contributed by atoms with Gasteiger partial charge in [0.05, 0.1) is 4.90 Å². The number of benzene rings is 1. The van der Waals surface area contributed by atoms with E-state index in [-0.39, 0.29) is 0 Å². The number of hydrazine groups is 1. The van der Waals surface area contributed by atoms with Gasteiger partial charge in [-0.25, -0.2) is 8.42 Å². The van der Waals surface area contributed by atoms with Gasteiger partial charge in [0.2, 0.25) is 10.0 Å². The summed E-state index contributed by atoms with van der Waals surface area (Å²) in [5.41, 5.74) is 3.19. The molecule has 1 fully saturated rings. The molecule has 0 saturated carbocycles. The van der Waals surface area contributed by atoms with Crippen molar-refractivity contribution in [3.63, 3.8) is 0 Å². The van der Waals surface area contributed by atoms with Crippen molar-refractivity contribution in [2.45, 2.75) is 31.1 Å². The molecule has 5 nitrogen and oxygen atoms in total. The second-order valence-electron chi connectivity index (χ2n) is 5.11. The maximum absolute atomic E-state index is 12.5. The molecule has 0 spiro atoms. The molecule has 0 radical (unpaired) electrons. The summed E-state index contributed by atoms with van der Waals surface area (Å²) in [5, 5.41) is 0. The van der Waals surface area contributed by atoms with Gasteiger partial charge in [-0.1, -0.05) is 6.92 Å². The summed E-state index contributed by atoms with van der Waals surface area (Å²) in [6.45, 7) is 3.40. The molecule has 1 aromatic carbocycles. The molecule has 106 valence electrons. The molecule has 1 aromatic rings. The Labute approximate surface area is 114 Å². The molecule has 2 rings (SSSR count). The molecule has 6 heteroatoms. The molecule has 1 heterocycles. The first-order chi connectivity index (χ1) is 9.04. The Morgan fingerprint density at radius 2 is 1.89 bits per heavy atom. The highest BCUT2D eigenvalue weighted by Crippen LogP contribution is 2.23. The quantitative estimate of drug-likeness (QED) is 0.655. The monoisotopic (exact) mass is 283 g/mol. The van der Waals surface area contributed by atoms with Crippen LogP contribution in [0.25, 0.3) is 0 Å². The summed E-state index contributed by atoms with van der Waals surface area (Å²) in [5.74, 6) is 5.88. The highest BCUT2D eigenvalue weighted by molar-refractivity contribution is 7.89. The normalized spacial score (nSPS) is 21.9. The zero-order chi connectivity index (χ0) is 13.9. The van der Waals surface area contributed by atoms with E-state index in [0.717, 1.165) is 19.3 Å². The van der Waals surface area contributed by atoms with E-state index in [4.69, 9.17) is 5.84 Å². The third-order valence-corrected chi connectivity index (χ3v) is 5.55. The van der Waals surface area contributed by atoms with Gasteiger partial charge in [-0.15, -0.1) is 0 Å². The van der Waals surface area contributed by atoms with Gasteiger partial charge in [-0.3, -0.25) is 5.84 Å². The Hall–Kier alpha value is -1.11. The minimum Gasteiger partial charge on any atom is -0.324 e.